The van der Waals surface area contributed by atoms with Crippen LogP contribution in [0.3, 0.4) is 0 Å². The lowest BCUT2D eigenvalue weighted by atomic mass is 9.94. The molecule has 3 heteroatoms. The lowest BCUT2D eigenvalue weighted by Gasteiger charge is -2.12. The van der Waals surface area contributed by atoms with Crippen molar-refractivity contribution in [3.8, 4) is 0 Å². The van der Waals surface area contributed by atoms with E-state index in [9.17, 15) is 4.79 Å². The molecule has 0 aromatic heterocycles. The summed E-state index contributed by atoms with van der Waals surface area (Å²) in [5, 5.41) is 3.17. The second-order valence-electron chi connectivity index (χ2n) is 3.95. The molecule has 1 aromatic rings. The zero-order valence-electron chi connectivity index (χ0n) is 9.00. The largest absolute Gasteiger partial charge is 0.361 e. The number of allylic oxidation sites excluding steroid dienone is 1. The van der Waals surface area contributed by atoms with Crippen molar-refractivity contribution in [1.29, 1.82) is 0 Å². The maximum Gasteiger partial charge on any atom is 0.160 e. The van der Waals surface area contributed by atoms with Gasteiger partial charge < -0.3 is 5.32 Å². The number of rotatable bonds is 2. The first kappa shape index (κ1) is 11.4. The van der Waals surface area contributed by atoms with Crippen LogP contribution in [0.15, 0.2) is 40.5 Å². The average molecular weight is 280 g/mol. The Kier molecular flexibility index (Phi) is 3.78. The van der Waals surface area contributed by atoms with Gasteiger partial charge in [0.2, 0.25) is 0 Å². The lowest BCUT2D eigenvalue weighted by molar-refractivity contribution is -0.116. The Morgan fingerprint density at radius 1 is 1.12 bits per heavy atom. The van der Waals surface area contributed by atoms with Gasteiger partial charge in [-0.3, -0.25) is 4.79 Å². The van der Waals surface area contributed by atoms with Crippen LogP contribution in [0.1, 0.15) is 25.7 Å². The molecule has 0 radical (unpaired) electrons. The average Bonchev–Trinajstić information content (AvgIpc) is 2.30. The highest BCUT2D eigenvalue weighted by atomic mass is 79.9. The smallest absolute Gasteiger partial charge is 0.160 e. The zero-order chi connectivity index (χ0) is 11.4. The first-order valence-electron chi connectivity index (χ1n) is 5.50. The number of ketones is 1. The number of anilines is 1. The fourth-order valence-corrected chi connectivity index (χ4v) is 2.03. The van der Waals surface area contributed by atoms with Gasteiger partial charge in [-0.1, -0.05) is 15.9 Å². The SMILES string of the molecule is O=C1CCCC/C1=C\Nc1ccc(Br)cc1. The monoisotopic (exact) mass is 279 g/mol. The summed E-state index contributed by atoms with van der Waals surface area (Å²) < 4.78 is 1.06. The minimum absolute atomic E-state index is 0.288. The summed E-state index contributed by atoms with van der Waals surface area (Å²) in [4.78, 5) is 11.6. The quantitative estimate of drug-likeness (QED) is 0.833. The second kappa shape index (κ2) is 5.30. The van der Waals surface area contributed by atoms with Crippen molar-refractivity contribution < 1.29 is 4.79 Å². The topological polar surface area (TPSA) is 29.1 Å². The highest BCUT2D eigenvalue weighted by Crippen LogP contribution is 2.20. The summed E-state index contributed by atoms with van der Waals surface area (Å²) in [6.45, 7) is 0. The van der Waals surface area contributed by atoms with E-state index in [1.807, 2.05) is 30.5 Å². The normalized spacial score (nSPS) is 18.8. The molecule has 0 bridgehead atoms. The number of hydrogen-bond donors (Lipinski definition) is 1. The highest BCUT2D eigenvalue weighted by molar-refractivity contribution is 9.10. The van der Waals surface area contributed by atoms with Crippen molar-refractivity contribution >= 4 is 27.4 Å². The third-order valence-corrected chi connectivity index (χ3v) is 3.24. The molecule has 0 saturated heterocycles. The van der Waals surface area contributed by atoms with Crippen LogP contribution < -0.4 is 5.32 Å². The van der Waals surface area contributed by atoms with Gasteiger partial charge in [0.15, 0.2) is 5.78 Å². The van der Waals surface area contributed by atoms with E-state index in [-0.39, 0.29) is 5.78 Å². The van der Waals surface area contributed by atoms with Gasteiger partial charge in [0.1, 0.15) is 0 Å². The molecule has 84 valence electrons. The van der Waals surface area contributed by atoms with Crippen molar-refractivity contribution in [3.05, 3.63) is 40.5 Å². The van der Waals surface area contributed by atoms with Gasteiger partial charge in [0.25, 0.3) is 0 Å². The highest BCUT2D eigenvalue weighted by Gasteiger charge is 2.14. The summed E-state index contributed by atoms with van der Waals surface area (Å²) in [7, 11) is 0. The molecule has 0 heterocycles. The summed E-state index contributed by atoms with van der Waals surface area (Å²) in [5.41, 5.74) is 1.93. The fraction of sp³-hybridized carbons (Fsp3) is 0.308. The van der Waals surface area contributed by atoms with E-state index in [0.717, 1.165) is 35.0 Å². The molecule has 16 heavy (non-hydrogen) atoms. The van der Waals surface area contributed by atoms with E-state index in [2.05, 4.69) is 21.2 Å². The molecule has 1 saturated carbocycles. The summed E-state index contributed by atoms with van der Waals surface area (Å²) >= 11 is 3.39. The van der Waals surface area contributed by atoms with E-state index in [4.69, 9.17) is 0 Å². The van der Waals surface area contributed by atoms with Gasteiger partial charge in [-0.2, -0.15) is 0 Å². The molecule has 0 aliphatic heterocycles. The Labute approximate surface area is 104 Å². The number of nitrogens with one attached hydrogen (secondary N) is 1. The minimum atomic E-state index is 0.288. The Bertz CT molecular complexity index is 408. The molecular formula is C13H14BrNO. The van der Waals surface area contributed by atoms with Crippen molar-refractivity contribution in [3.63, 3.8) is 0 Å². The molecule has 0 atom stereocenters. The third-order valence-electron chi connectivity index (χ3n) is 2.72. The summed E-state index contributed by atoms with van der Waals surface area (Å²) in [6.07, 6.45) is 5.62. The second-order valence-corrected chi connectivity index (χ2v) is 4.87. The van der Waals surface area contributed by atoms with E-state index in [1.165, 1.54) is 0 Å². The van der Waals surface area contributed by atoms with Crippen molar-refractivity contribution in [1.82, 2.24) is 0 Å². The predicted molar refractivity (Wildman–Crippen MR) is 69.3 cm³/mol. The summed E-state index contributed by atoms with van der Waals surface area (Å²) in [6, 6.07) is 7.91. The first-order valence-corrected chi connectivity index (χ1v) is 6.29. The van der Waals surface area contributed by atoms with Crippen molar-refractivity contribution in [2.24, 2.45) is 0 Å². The van der Waals surface area contributed by atoms with Gasteiger partial charge in [0, 0.05) is 28.4 Å². The molecule has 1 fully saturated rings. The van der Waals surface area contributed by atoms with E-state index < -0.39 is 0 Å². The number of carbonyl (C=O) groups is 1. The van der Waals surface area contributed by atoms with Crippen molar-refractivity contribution in [2.75, 3.05) is 5.32 Å². The zero-order valence-corrected chi connectivity index (χ0v) is 10.6. The van der Waals surface area contributed by atoms with Gasteiger partial charge in [-0.05, 0) is 43.5 Å². The predicted octanol–water partition coefficient (Wildman–Crippen LogP) is 3.89. The maximum absolute atomic E-state index is 11.6. The van der Waals surface area contributed by atoms with E-state index >= 15 is 0 Å². The summed E-state index contributed by atoms with van der Waals surface area (Å²) in [5.74, 6) is 0.288. The Morgan fingerprint density at radius 2 is 1.81 bits per heavy atom. The van der Waals surface area contributed by atoms with E-state index in [0.29, 0.717) is 6.42 Å². The van der Waals surface area contributed by atoms with Gasteiger partial charge >= 0.3 is 0 Å². The molecule has 0 spiro atoms. The van der Waals surface area contributed by atoms with Gasteiger partial charge in [0.05, 0.1) is 0 Å². The molecule has 1 N–H and O–H groups in total. The van der Waals surface area contributed by atoms with Gasteiger partial charge in [-0.15, -0.1) is 0 Å². The number of benzene rings is 1. The molecular weight excluding hydrogens is 266 g/mol. The van der Waals surface area contributed by atoms with E-state index in [1.54, 1.807) is 0 Å². The van der Waals surface area contributed by atoms with Crippen LogP contribution in [0.4, 0.5) is 5.69 Å². The maximum atomic E-state index is 11.6. The van der Waals surface area contributed by atoms with Crippen LogP contribution in [-0.4, -0.2) is 5.78 Å². The van der Waals surface area contributed by atoms with Crippen LogP contribution in [0, 0.1) is 0 Å². The number of Topliss-reactive ketones (excluding diaryl/α,β-unsaturated/α-hetero) is 1. The number of halogens is 1. The fourth-order valence-electron chi connectivity index (χ4n) is 1.77. The third kappa shape index (κ3) is 2.95. The first-order chi connectivity index (χ1) is 7.75. The number of carbonyl (C=O) groups excluding carboxylic acids is 1. The molecule has 0 amide bonds. The molecule has 2 rings (SSSR count). The Morgan fingerprint density at radius 3 is 2.50 bits per heavy atom. The lowest BCUT2D eigenvalue weighted by Crippen LogP contribution is -2.09. The van der Waals surface area contributed by atoms with Crippen LogP contribution in [0.5, 0.6) is 0 Å². The van der Waals surface area contributed by atoms with Crippen molar-refractivity contribution in [2.45, 2.75) is 25.7 Å². The molecule has 0 unspecified atom stereocenters. The number of hydrogen-bond acceptors (Lipinski definition) is 2. The Balaban J connectivity index is 2.02. The van der Waals surface area contributed by atoms with Crippen LogP contribution in [0.2, 0.25) is 0 Å². The molecule has 2 nitrogen and oxygen atoms in total. The Hall–Kier alpha value is -1.09. The van der Waals surface area contributed by atoms with Gasteiger partial charge in [-0.25, -0.2) is 0 Å². The van der Waals surface area contributed by atoms with Crippen LogP contribution in [0.25, 0.3) is 0 Å². The molecule has 1 aromatic carbocycles. The van der Waals surface area contributed by atoms with Crippen LogP contribution >= 0.6 is 15.9 Å². The molecule has 1 aliphatic carbocycles. The minimum Gasteiger partial charge on any atom is -0.361 e. The standard InChI is InChI=1S/C13H14BrNO/c14-11-5-7-12(8-6-11)15-9-10-3-1-2-4-13(10)16/h5-9,15H,1-4H2/b10-9+. The molecule has 1 aliphatic rings. The van der Waals surface area contributed by atoms with Crippen LogP contribution in [-0.2, 0) is 4.79 Å².